The highest BCUT2D eigenvalue weighted by molar-refractivity contribution is 5.66. The minimum Gasteiger partial charge on any atom is -0.507 e. The van der Waals surface area contributed by atoms with Crippen molar-refractivity contribution in [2.75, 3.05) is 19.1 Å². The van der Waals surface area contributed by atoms with Gasteiger partial charge >= 0.3 is 0 Å². The van der Waals surface area contributed by atoms with Gasteiger partial charge in [-0.1, -0.05) is 0 Å². The van der Waals surface area contributed by atoms with Gasteiger partial charge in [-0.25, -0.2) is 18.7 Å². The van der Waals surface area contributed by atoms with Crippen LogP contribution in [0.4, 0.5) is 14.6 Å². The number of phenols is 1. The van der Waals surface area contributed by atoms with E-state index in [1.807, 2.05) is 6.07 Å². The molecule has 2 unspecified atom stereocenters. The second kappa shape index (κ2) is 7.75. The second-order valence-corrected chi connectivity index (χ2v) is 8.22. The number of ether oxygens (including phenoxy) is 1. The van der Waals surface area contributed by atoms with Crippen LogP contribution in [0, 0.1) is 0 Å². The van der Waals surface area contributed by atoms with E-state index >= 15 is 0 Å². The van der Waals surface area contributed by atoms with Crippen molar-refractivity contribution in [3.05, 3.63) is 43.1 Å². The van der Waals surface area contributed by atoms with E-state index in [2.05, 4.69) is 25.5 Å². The first-order chi connectivity index (χ1) is 15.4. The molecule has 11 heteroatoms. The van der Waals surface area contributed by atoms with Gasteiger partial charge in [0.2, 0.25) is 0 Å². The molecule has 5 rings (SSSR count). The van der Waals surface area contributed by atoms with Crippen LogP contribution < -0.4 is 10.2 Å². The van der Waals surface area contributed by atoms with Gasteiger partial charge in [0.15, 0.2) is 11.6 Å². The third-order valence-electron chi connectivity index (χ3n) is 6.38. The van der Waals surface area contributed by atoms with Gasteiger partial charge in [0.1, 0.15) is 5.75 Å². The molecule has 2 aromatic heterocycles. The zero-order valence-electron chi connectivity index (χ0n) is 17.6. The Balaban J connectivity index is 1.37. The molecule has 4 atom stereocenters. The Morgan fingerprint density at radius 2 is 2.16 bits per heavy atom. The van der Waals surface area contributed by atoms with Gasteiger partial charge in [-0.15, -0.1) is 10.2 Å². The molecule has 168 valence electrons. The van der Waals surface area contributed by atoms with Crippen molar-refractivity contribution in [2.45, 2.75) is 43.0 Å². The fraction of sp³-hybridized carbons (Fsp3) is 0.429. The van der Waals surface area contributed by atoms with Gasteiger partial charge in [0.25, 0.3) is 5.92 Å². The molecule has 0 aliphatic carbocycles. The molecule has 2 bridgehead atoms. The molecule has 0 amide bonds. The lowest BCUT2D eigenvalue weighted by molar-refractivity contribution is -0.0139. The summed E-state index contributed by atoms with van der Waals surface area (Å²) in [6, 6.07) is 3.50. The largest absolute Gasteiger partial charge is 0.507 e. The van der Waals surface area contributed by atoms with Crippen LogP contribution in [0.15, 0.2) is 43.1 Å². The number of aromatic nitrogens is 5. The number of anilines is 1. The fourth-order valence-corrected chi connectivity index (χ4v) is 4.68. The van der Waals surface area contributed by atoms with Crippen molar-refractivity contribution in [2.24, 2.45) is 0 Å². The summed E-state index contributed by atoms with van der Waals surface area (Å²) in [4.78, 5) is 10.1. The summed E-state index contributed by atoms with van der Waals surface area (Å²) in [6.07, 6.45) is 6.15. The molecular weight excluding hydrogens is 420 g/mol. The Morgan fingerprint density at radius 3 is 2.81 bits per heavy atom. The molecule has 2 aliphatic heterocycles. The molecule has 2 fully saturated rings. The Labute approximate surface area is 183 Å². The number of piperidine rings is 1. The molecule has 32 heavy (non-hydrogen) atoms. The van der Waals surface area contributed by atoms with E-state index in [0.717, 1.165) is 5.69 Å². The van der Waals surface area contributed by atoms with E-state index in [0.29, 0.717) is 11.4 Å². The number of alkyl halides is 2. The summed E-state index contributed by atoms with van der Waals surface area (Å²) >= 11 is 0. The number of halogens is 2. The summed E-state index contributed by atoms with van der Waals surface area (Å²) < 4.78 is 35.8. The maximum atomic E-state index is 14.2. The molecule has 2 N–H and O–H groups in total. The highest BCUT2D eigenvalue weighted by Gasteiger charge is 2.57. The predicted octanol–water partition coefficient (Wildman–Crippen LogP) is 2.02. The van der Waals surface area contributed by atoms with Crippen LogP contribution >= 0.6 is 0 Å². The van der Waals surface area contributed by atoms with Crippen molar-refractivity contribution in [1.29, 1.82) is 0 Å². The Kier molecular flexibility index (Phi) is 5.01. The first-order valence-electron chi connectivity index (χ1n) is 10.3. The lowest BCUT2D eigenvalue weighted by Gasteiger charge is -2.41. The molecular formula is C21H23F2N7O2. The smallest absolute Gasteiger partial charge is 0.264 e. The number of aromatic hydroxyl groups is 1. The molecule has 2 aliphatic rings. The first kappa shape index (κ1) is 20.7. The quantitative estimate of drug-likeness (QED) is 0.618. The van der Waals surface area contributed by atoms with Crippen molar-refractivity contribution in [1.82, 2.24) is 30.0 Å². The van der Waals surface area contributed by atoms with Crippen molar-refractivity contribution < 1.29 is 18.6 Å². The van der Waals surface area contributed by atoms with Crippen LogP contribution in [0.3, 0.4) is 0 Å². The number of rotatable bonds is 5. The average Bonchev–Trinajstić information content (AvgIpc) is 3.40. The van der Waals surface area contributed by atoms with Crippen LogP contribution in [-0.2, 0) is 4.74 Å². The third kappa shape index (κ3) is 3.47. The standard InChI is InChI=1S/C21H23F2N7O2/c1-29(15-8-17-21(22,23)9-14(26-17)19(15)32-2)18-10-25-20(28-27-18)13-4-3-12(7-16(13)31)30-6-5-24-11-30/h3-7,10-11,14-15,17,19,26,31H,8-9H2,1-2H3/t14?,15-,17?,19-/m0/s1. The molecule has 2 saturated heterocycles. The van der Waals surface area contributed by atoms with E-state index in [1.54, 1.807) is 47.4 Å². The number of imidazole rings is 1. The molecule has 0 radical (unpaired) electrons. The maximum Gasteiger partial charge on any atom is 0.264 e. The van der Waals surface area contributed by atoms with Crippen LogP contribution in [0.1, 0.15) is 12.8 Å². The molecule has 0 saturated carbocycles. The number of benzene rings is 1. The summed E-state index contributed by atoms with van der Waals surface area (Å²) in [5.41, 5.74) is 1.18. The zero-order chi connectivity index (χ0) is 22.5. The van der Waals surface area contributed by atoms with Crippen LogP contribution in [0.5, 0.6) is 5.75 Å². The van der Waals surface area contributed by atoms with Gasteiger partial charge in [-0.2, -0.15) is 0 Å². The normalized spacial score (nSPS) is 26.2. The van der Waals surface area contributed by atoms with Gasteiger partial charge in [-0.05, 0) is 18.6 Å². The zero-order valence-corrected chi connectivity index (χ0v) is 17.6. The predicted molar refractivity (Wildman–Crippen MR) is 112 cm³/mol. The van der Waals surface area contributed by atoms with Gasteiger partial charge in [0, 0.05) is 45.1 Å². The minimum absolute atomic E-state index is 0.00992. The summed E-state index contributed by atoms with van der Waals surface area (Å²) in [7, 11) is 3.32. The van der Waals surface area contributed by atoms with Crippen molar-refractivity contribution in [3.8, 4) is 22.8 Å². The molecule has 1 aromatic carbocycles. The van der Waals surface area contributed by atoms with Gasteiger partial charge in [-0.3, -0.25) is 0 Å². The number of likely N-dealkylation sites (N-methyl/N-ethyl adjacent to an activating group) is 1. The third-order valence-corrected chi connectivity index (χ3v) is 6.38. The highest BCUT2D eigenvalue weighted by Crippen LogP contribution is 2.41. The summed E-state index contributed by atoms with van der Waals surface area (Å²) in [5, 5.41) is 21.9. The maximum absolute atomic E-state index is 14.2. The number of fused-ring (bicyclic) bond motifs is 2. The number of nitrogens with one attached hydrogen (secondary N) is 1. The van der Waals surface area contributed by atoms with Crippen molar-refractivity contribution >= 4 is 5.82 Å². The average molecular weight is 443 g/mol. The first-order valence-corrected chi connectivity index (χ1v) is 10.3. The molecule has 4 heterocycles. The van der Waals surface area contributed by atoms with E-state index in [4.69, 9.17) is 4.74 Å². The minimum atomic E-state index is -2.76. The summed E-state index contributed by atoms with van der Waals surface area (Å²) in [5.74, 6) is -2.04. The SMILES string of the molecule is CO[C@H]1C2CC(F)(F)C(C[C@@H]1N(C)c1cnc(-c3ccc(-n4ccnc4)cc3O)nn1)N2. The van der Waals surface area contributed by atoms with E-state index in [9.17, 15) is 13.9 Å². The fourth-order valence-electron chi connectivity index (χ4n) is 4.68. The number of hydrogen-bond acceptors (Lipinski definition) is 8. The molecule has 3 aromatic rings. The van der Waals surface area contributed by atoms with E-state index in [1.165, 1.54) is 13.3 Å². The number of phenolic OH excluding ortho intramolecular Hbond substituents is 1. The van der Waals surface area contributed by atoms with Crippen molar-refractivity contribution in [3.63, 3.8) is 0 Å². The van der Waals surface area contributed by atoms with Gasteiger partial charge < -0.3 is 24.6 Å². The lowest BCUT2D eigenvalue weighted by Crippen LogP contribution is -2.59. The van der Waals surface area contributed by atoms with Gasteiger partial charge in [0.05, 0.1) is 42.0 Å². The van der Waals surface area contributed by atoms with E-state index < -0.39 is 24.1 Å². The monoisotopic (exact) mass is 443 g/mol. The van der Waals surface area contributed by atoms with Crippen LogP contribution in [0.25, 0.3) is 17.1 Å². The number of methoxy groups -OCH3 is 1. The van der Waals surface area contributed by atoms with Crippen LogP contribution in [0.2, 0.25) is 0 Å². The number of hydrogen-bond donors (Lipinski definition) is 2. The number of nitrogens with zero attached hydrogens (tertiary/aromatic N) is 6. The Bertz CT molecular complexity index is 1090. The lowest BCUT2D eigenvalue weighted by atomic mass is 9.95. The van der Waals surface area contributed by atoms with Crippen LogP contribution in [-0.4, -0.2) is 74.1 Å². The second-order valence-electron chi connectivity index (χ2n) is 8.22. The highest BCUT2D eigenvalue weighted by atomic mass is 19.3. The Morgan fingerprint density at radius 1 is 1.31 bits per heavy atom. The summed E-state index contributed by atoms with van der Waals surface area (Å²) in [6.45, 7) is 0. The van der Waals surface area contributed by atoms with E-state index in [-0.39, 0.29) is 30.5 Å². The molecule has 0 spiro atoms. The topological polar surface area (TPSA) is 101 Å². The molecule has 9 nitrogen and oxygen atoms in total. The Hall–Kier alpha value is -3.18.